The van der Waals surface area contributed by atoms with E-state index >= 15 is 0 Å². The first kappa shape index (κ1) is 13.9. The second-order valence-corrected chi connectivity index (χ2v) is 4.64. The molecule has 0 saturated carbocycles. The van der Waals surface area contributed by atoms with E-state index in [9.17, 15) is 19.2 Å². The largest absolute Gasteiger partial charge is 0.328 e. The fourth-order valence-corrected chi connectivity index (χ4v) is 2.19. The zero-order valence-electron chi connectivity index (χ0n) is 10.9. The fraction of sp³-hybridized carbons (Fsp3) is 0.286. The van der Waals surface area contributed by atoms with Crippen molar-refractivity contribution in [3.05, 3.63) is 35.9 Å². The number of Topliss-reactive ketones (excluding diaryl/α,β-unsaturated/α-hetero) is 1. The number of amides is 4. The topological polar surface area (TPSA) is 92.3 Å². The van der Waals surface area contributed by atoms with Gasteiger partial charge in [-0.15, -0.1) is 0 Å². The molecule has 4 amide bonds. The van der Waals surface area contributed by atoms with Crippen LogP contribution < -0.4 is 10.6 Å². The summed E-state index contributed by atoms with van der Waals surface area (Å²) >= 11 is 0. The summed E-state index contributed by atoms with van der Waals surface area (Å²) in [4.78, 5) is 47.3. The van der Waals surface area contributed by atoms with Crippen LogP contribution in [0.1, 0.15) is 30.1 Å². The number of barbiturate groups is 1. The number of nitrogens with one attached hydrogen (secondary N) is 2. The molecule has 0 radical (unpaired) electrons. The van der Waals surface area contributed by atoms with Gasteiger partial charge in [-0.2, -0.15) is 0 Å². The van der Waals surface area contributed by atoms with Crippen LogP contribution in [0.15, 0.2) is 30.3 Å². The molecule has 1 aromatic carbocycles. The highest BCUT2D eigenvalue weighted by Gasteiger charge is 2.50. The van der Waals surface area contributed by atoms with Crippen molar-refractivity contribution in [3.8, 4) is 0 Å². The van der Waals surface area contributed by atoms with Gasteiger partial charge in [0, 0.05) is 12.0 Å². The number of hydrogen-bond acceptors (Lipinski definition) is 4. The van der Waals surface area contributed by atoms with Crippen LogP contribution in [-0.2, 0) is 9.59 Å². The maximum atomic E-state index is 12.2. The molecule has 1 aliphatic heterocycles. The summed E-state index contributed by atoms with van der Waals surface area (Å²) in [5.74, 6) is -1.76. The van der Waals surface area contributed by atoms with Gasteiger partial charge < -0.3 is 0 Å². The summed E-state index contributed by atoms with van der Waals surface area (Å²) in [6.07, 6.45) is -0.130. The molecule has 2 rings (SSSR count). The lowest BCUT2D eigenvalue weighted by atomic mass is 9.76. The first-order valence-electron chi connectivity index (χ1n) is 6.24. The highest BCUT2D eigenvalue weighted by atomic mass is 16.2. The van der Waals surface area contributed by atoms with Crippen LogP contribution in [0.4, 0.5) is 4.79 Å². The van der Waals surface area contributed by atoms with Gasteiger partial charge in [0.1, 0.15) is 5.41 Å². The Kier molecular flexibility index (Phi) is 3.65. The summed E-state index contributed by atoms with van der Waals surface area (Å²) in [5, 5.41) is 4.09. The average molecular weight is 274 g/mol. The molecule has 0 atom stereocenters. The smallest absolute Gasteiger partial charge is 0.294 e. The van der Waals surface area contributed by atoms with Gasteiger partial charge in [-0.05, 0) is 6.42 Å². The molecule has 6 nitrogen and oxygen atoms in total. The van der Waals surface area contributed by atoms with E-state index in [-0.39, 0.29) is 18.6 Å². The minimum atomic E-state index is -1.53. The van der Waals surface area contributed by atoms with E-state index in [1.54, 1.807) is 37.3 Å². The Morgan fingerprint density at radius 1 is 1.05 bits per heavy atom. The number of imide groups is 2. The van der Waals surface area contributed by atoms with Crippen LogP contribution in [0.2, 0.25) is 0 Å². The van der Waals surface area contributed by atoms with Gasteiger partial charge in [-0.1, -0.05) is 37.3 Å². The molecule has 1 heterocycles. The van der Waals surface area contributed by atoms with Gasteiger partial charge in [0.25, 0.3) is 0 Å². The normalized spacial score (nSPS) is 17.4. The maximum Gasteiger partial charge on any atom is 0.328 e. The molecule has 6 heteroatoms. The third-order valence-electron chi connectivity index (χ3n) is 3.49. The lowest BCUT2D eigenvalue weighted by molar-refractivity contribution is -0.144. The summed E-state index contributed by atoms with van der Waals surface area (Å²) in [5.41, 5.74) is -1.10. The number of carbonyl (C=O) groups is 4. The predicted octanol–water partition coefficient (Wildman–Crippen LogP) is 1.02. The zero-order valence-corrected chi connectivity index (χ0v) is 10.9. The van der Waals surface area contributed by atoms with Crippen molar-refractivity contribution in [3.63, 3.8) is 0 Å². The van der Waals surface area contributed by atoms with Crippen molar-refractivity contribution in [2.24, 2.45) is 5.41 Å². The average Bonchev–Trinajstić information content (AvgIpc) is 2.43. The molecule has 0 spiro atoms. The zero-order chi connectivity index (χ0) is 14.8. The van der Waals surface area contributed by atoms with Crippen LogP contribution >= 0.6 is 0 Å². The standard InChI is InChI=1S/C14H14N2O4/c1-2-14(11(18)15-13(20)16-12(14)19)8-10(17)9-6-4-3-5-7-9/h3-7H,2,8H2,1H3,(H2,15,16,18,19,20). The lowest BCUT2D eigenvalue weighted by Gasteiger charge is -2.32. The van der Waals surface area contributed by atoms with Gasteiger partial charge in [-0.3, -0.25) is 25.0 Å². The number of urea groups is 1. The Bertz CT molecular complexity index is 560. The van der Waals surface area contributed by atoms with Crippen molar-refractivity contribution >= 4 is 23.6 Å². The summed E-state index contributed by atoms with van der Waals surface area (Å²) in [6, 6.07) is 7.57. The maximum absolute atomic E-state index is 12.2. The Balaban J connectivity index is 2.28. The minimum absolute atomic E-state index is 0.135. The summed E-state index contributed by atoms with van der Waals surface area (Å²) in [7, 11) is 0. The molecule has 20 heavy (non-hydrogen) atoms. The van der Waals surface area contributed by atoms with E-state index in [1.807, 2.05) is 10.6 Å². The molecule has 1 aliphatic rings. The van der Waals surface area contributed by atoms with Crippen LogP contribution in [0, 0.1) is 5.41 Å². The molecule has 1 aromatic rings. The Labute approximate surface area is 115 Å². The predicted molar refractivity (Wildman–Crippen MR) is 69.8 cm³/mol. The van der Waals surface area contributed by atoms with E-state index in [0.717, 1.165) is 0 Å². The number of carbonyl (C=O) groups excluding carboxylic acids is 4. The Morgan fingerprint density at radius 2 is 1.60 bits per heavy atom. The van der Waals surface area contributed by atoms with Gasteiger partial charge in [0.15, 0.2) is 5.78 Å². The van der Waals surface area contributed by atoms with Crippen LogP contribution in [0.25, 0.3) is 0 Å². The van der Waals surface area contributed by atoms with Gasteiger partial charge >= 0.3 is 6.03 Å². The fourth-order valence-electron chi connectivity index (χ4n) is 2.19. The van der Waals surface area contributed by atoms with E-state index < -0.39 is 23.3 Å². The molecular weight excluding hydrogens is 260 g/mol. The van der Waals surface area contributed by atoms with Crippen LogP contribution in [0.5, 0.6) is 0 Å². The van der Waals surface area contributed by atoms with Crippen LogP contribution in [-0.4, -0.2) is 23.6 Å². The Morgan fingerprint density at radius 3 is 2.10 bits per heavy atom. The van der Waals surface area contributed by atoms with Crippen molar-refractivity contribution in [2.45, 2.75) is 19.8 Å². The third kappa shape index (κ3) is 2.32. The molecule has 0 bridgehead atoms. The van der Waals surface area contributed by atoms with Crippen molar-refractivity contribution in [1.82, 2.24) is 10.6 Å². The molecule has 2 N–H and O–H groups in total. The van der Waals surface area contributed by atoms with Crippen molar-refractivity contribution in [2.75, 3.05) is 0 Å². The molecule has 0 aliphatic carbocycles. The molecule has 104 valence electrons. The monoisotopic (exact) mass is 274 g/mol. The first-order valence-corrected chi connectivity index (χ1v) is 6.24. The highest BCUT2D eigenvalue weighted by Crippen LogP contribution is 2.30. The Hall–Kier alpha value is -2.50. The van der Waals surface area contributed by atoms with Crippen LogP contribution in [0.3, 0.4) is 0 Å². The number of hydrogen-bond donors (Lipinski definition) is 2. The van der Waals surface area contributed by atoms with Gasteiger partial charge in [0.05, 0.1) is 0 Å². The number of rotatable bonds is 4. The minimum Gasteiger partial charge on any atom is -0.294 e. The number of ketones is 1. The second kappa shape index (κ2) is 5.24. The summed E-state index contributed by atoms with van der Waals surface area (Å²) in [6.45, 7) is 1.63. The van der Waals surface area contributed by atoms with Gasteiger partial charge in [0.2, 0.25) is 11.8 Å². The quantitative estimate of drug-likeness (QED) is 0.633. The molecule has 0 aromatic heterocycles. The molecular formula is C14H14N2O4. The van der Waals surface area contributed by atoms with E-state index in [4.69, 9.17) is 0 Å². The molecule has 0 unspecified atom stereocenters. The first-order chi connectivity index (χ1) is 9.49. The van der Waals surface area contributed by atoms with Gasteiger partial charge in [-0.25, -0.2) is 4.79 Å². The van der Waals surface area contributed by atoms with Crippen molar-refractivity contribution < 1.29 is 19.2 Å². The number of benzene rings is 1. The lowest BCUT2D eigenvalue weighted by Crippen LogP contribution is -2.62. The molecule has 1 saturated heterocycles. The second-order valence-electron chi connectivity index (χ2n) is 4.64. The SMILES string of the molecule is CCC1(CC(=O)c2ccccc2)C(=O)NC(=O)NC1=O. The third-order valence-corrected chi connectivity index (χ3v) is 3.49. The molecule has 1 fully saturated rings. The van der Waals surface area contributed by atoms with Crippen molar-refractivity contribution in [1.29, 1.82) is 0 Å². The van der Waals surface area contributed by atoms with E-state index in [2.05, 4.69) is 0 Å². The van der Waals surface area contributed by atoms with E-state index in [0.29, 0.717) is 5.56 Å². The summed E-state index contributed by atoms with van der Waals surface area (Å²) < 4.78 is 0. The highest BCUT2D eigenvalue weighted by molar-refractivity contribution is 6.21. The van der Waals surface area contributed by atoms with E-state index in [1.165, 1.54) is 0 Å².